The Labute approximate surface area is 139 Å². The first-order valence-electron chi connectivity index (χ1n) is 7.65. The molecule has 1 aromatic carbocycles. The number of likely N-dealkylation sites (tertiary alicyclic amines) is 1. The van der Waals surface area contributed by atoms with Crippen LogP contribution in [-0.2, 0) is 0 Å². The van der Waals surface area contributed by atoms with Crippen LogP contribution >= 0.6 is 11.6 Å². The highest BCUT2D eigenvalue weighted by atomic mass is 35.5. The Hall–Kier alpha value is -2.08. The quantitative estimate of drug-likeness (QED) is 0.907. The summed E-state index contributed by atoms with van der Waals surface area (Å²) in [6, 6.07) is 5.34. The van der Waals surface area contributed by atoms with Crippen molar-refractivity contribution in [2.75, 3.05) is 18.4 Å². The highest BCUT2D eigenvalue weighted by Gasteiger charge is 2.27. The monoisotopic (exact) mass is 334 g/mol. The van der Waals surface area contributed by atoms with Crippen molar-refractivity contribution < 1.29 is 9.32 Å². The summed E-state index contributed by atoms with van der Waals surface area (Å²) in [5.74, 6) is 1.56. The lowest BCUT2D eigenvalue weighted by molar-refractivity contribution is 0.187. The Balaban J connectivity index is 1.58. The number of carbonyl (C=O) groups is 1. The summed E-state index contributed by atoms with van der Waals surface area (Å²) < 4.78 is 5.23. The largest absolute Gasteiger partial charge is 0.339 e. The maximum absolute atomic E-state index is 12.4. The summed E-state index contributed by atoms with van der Waals surface area (Å²) in [4.78, 5) is 18.5. The van der Waals surface area contributed by atoms with Gasteiger partial charge in [0.25, 0.3) is 0 Å². The van der Waals surface area contributed by atoms with Gasteiger partial charge in [-0.1, -0.05) is 16.8 Å². The van der Waals surface area contributed by atoms with Crippen molar-refractivity contribution in [2.45, 2.75) is 32.6 Å². The molecule has 1 saturated heterocycles. The van der Waals surface area contributed by atoms with Crippen LogP contribution in [0.5, 0.6) is 0 Å². The van der Waals surface area contributed by atoms with E-state index in [9.17, 15) is 4.79 Å². The number of piperidine rings is 1. The molecule has 0 spiro atoms. The van der Waals surface area contributed by atoms with Crippen molar-refractivity contribution in [3.05, 3.63) is 40.5 Å². The van der Waals surface area contributed by atoms with Crippen LogP contribution in [0.15, 0.2) is 22.7 Å². The molecule has 0 atom stereocenters. The van der Waals surface area contributed by atoms with E-state index in [0.29, 0.717) is 29.8 Å². The van der Waals surface area contributed by atoms with E-state index in [0.717, 1.165) is 24.1 Å². The van der Waals surface area contributed by atoms with E-state index in [4.69, 9.17) is 16.1 Å². The molecule has 7 heteroatoms. The molecule has 2 aromatic rings. The van der Waals surface area contributed by atoms with E-state index in [1.54, 1.807) is 6.07 Å². The topological polar surface area (TPSA) is 71.3 Å². The van der Waals surface area contributed by atoms with Gasteiger partial charge in [-0.3, -0.25) is 0 Å². The average molecular weight is 335 g/mol. The highest BCUT2D eigenvalue weighted by molar-refractivity contribution is 6.30. The fourth-order valence-corrected chi connectivity index (χ4v) is 3.00. The Morgan fingerprint density at radius 3 is 2.70 bits per heavy atom. The van der Waals surface area contributed by atoms with Crippen molar-refractivity contribution in [3.8, 4) is 0 Å². The van der Waals surface area contributed by atoms with Gasteiger partial charge in [0.15, 0.2) is 5.82 Å². The molecular weight excluding hydrogens is 316 g/mol. The predicted octanol–water partition coefficient (Wildman–Crippen LogP) is 3.75. The number of amides is 2. The molecule has 1 fully saturated rings. The molecule has 2 amide bonds. The maximum Gasteiger partial charge on any atom is 0.321 e. The second-order valence-electron chi connectivity index (χ2n) is 5.83. The molecular formula is C16H19ClN4O2. The third-order valence-corrected chi connectivity index (χ3v) is 4.34. The number of halogens is 1. The number of rotatable bonds is 2. The third-order valence-electron chi connectivity index (χ3n) is 4.10. The third kappa shape index (κ3) is 3.64. The number of nitrogens with zero attached hydrogens (tertiary/aromatic N) is 3. The van der Waals surface area contributed by atoms with Crippen molar-refractivity contribution >= 4 is 23.3 Å². The number of benzene rings is 1. The average Bonchev–Trinajstić information content (AvgIpc) is 2.97. The van der Waals surface area contributed by atoms with Crippen LogP contribution < -0.4 is 5.32 Å². The number of aryl methyl sites for hydroxylation is 2. The lowest BCUT2D eigenvalue weighted by atomic mass is 9.97. The zero-order valence-corrected chi connectivity index (χ0v) is 13.9. The van der Waals surface area contributed by atoms with E-state index in [1.165, 1.54) is 0 Å². The van der Waals surface area contributed by atoms with Crippen LogP contribution in [0.3, 0.4) is 0 Å². The Morgan fingerprint density at radius 1 is 1.35 bits per heavy atom. The predicted molar refractivity (Wildman–Crippen MR) is 87.8 cm³/mol. The SMILES string of the molecule is Cc1noc(C2CCN(C(=O)Nc3ccc(Cl)cc3C)CC2)n1. The van der Waals surface area contributed by atoms with Gasteiger partial charge in [0.1, 0.15) is 0 Å². The van der Waals surface area contributed by atoms with Gasteiger partial charge in [-0.25, -0.2) is 4.79 Å². The van der Waals surface area contributed by atoms with Crippen LogP contribution in [0.25, 0.3) is 0 Å². The number of carbonyl (C=O) groups excluding carboxylic acids is 1. The number of nitrogens with one attached hydrogen (secondary N) is 1. The Kier molecular flexibility index (Phi) is 4.52. The normalized spacial score (nSPS) is 15.7. The van der Waals surface area contributed by atoms with Gasteiger partial charge in [0.2, 0.25) is 5.89 Å². The first kappa shape index (κ1) is 15.8. The highest BCUT2D eigenvalue weighted by Crippen LogP contribution is 2.27. The lowest BCUT2D eigenvalue weighted by Gasteiger charge is -2.30. The van der Waals surface area contributed by atoms with Crippen molar-refractivity contribution in [2.24, 2.45) is 0 Å². The molecule has 0 saturated carbocycles. The molecule has 0 bridgehead atoms. The summed E-state index contributed by atoms with van der Waals surface area (Å²) >= 11 is 5.94. The van der Waals surface area contributed by atoms with Crippen molar-refractivity contribution in [3.63, 3.8) is 0 Å². The Morgan fingerprint density at radius 2 is 2.09 bits per heavy atom. The van der Waals surface area contributed by atoms with E-state index < -0.39 is 0 Å². The van der Waals surface area contributed by atoms with E-state index >= 15 is 0 Å². The summed E-state index contributed by atoms with van der Waals surface area (Å²) in [7, 11) is 0. The number of urea groups is 1. The van der Waals surface area contributed by atoms with E-state index in [2.05, 4.69) is 15.5 Å². The summed E-state index contributed by atoms with van der Waals surface area (Å²) in [5.41, 5.74) is 1.73. The molecule has 0 unspecified atom stereocenters. The van der Waals surface area contributed by atoms with Gasteiger partial charge in [-0.05, 0) is 50.5 Å². The lowest BCUT2D eigenvalue weighted by Crippen LogP contribution is -2.40. The standard InChI is InChI=1S/C16H19ClN4O2/c1-10-9-13(17)3-4-14(10)19-16(22)21-7-5-12(6-8-21)15-18-11(2)20-23-15/h3-4,9,12H,5-8H2,1-2H3,(H,19,22). The first-order valence-corrected chi connectivity index (χ1v) is 8.03. The second kappa shape index (κ2) is 6.58. The van der Waals surface area contributed by atoms with Gasteiger partial charge < -0.3 is 14.7 Å². The van der Waals surface area contributed by atoms with Crippen LogP contribution in [-0.4, -0.2) is 34.2 Å². The Bertz CT molecular complexity index is 708. The van der Waals surface area contributed by atoms with Crippen molar-refractivity contribution in [1.29, 1.82) is 0 Å². The smallest absolute Gasteiger partial charge is 0.321 e. The zero-order valence-electron chi connectivity index (χ0n) is 13.2. The molecule has 122 valence electrons. The molecule has 1 aliphatic rings. The first-order chi connectivity index (χ1) is 11.0. The zero-order chi connectivity index (χ0) is 16.4. The van der Waals surface area contributed by atoms with Gasteiger partial charge in [-0.2, -0.15) is 4.98 Å². The number of hydrogen-bond acceptors (Lipinski definition) is 4. The molecule has 1 aliphatic heterocycles. The molecule has 23 heavy (non-hydrogen) atoms. The fraction of sp³-hybridized carbons (Fsp3) is 0.438. The van der Waals surface area contributed by atoms with Crippen LogP contribution in [0.2, 0.25) is 5.02 Å². The van der Waals surface area contributed by atoms with Crippen LogP contribution in [0.1, 0.15) is 36.0 Å². The molecule has 0 radical (unpaired) electrons. The molecule has 0 aliphatic carbocycles. The summed E-state index contributed by atoms with van der Waals surface area (Å²) in [5, 5.41) is 7.43. The van der Waals surface area contributed by atoms with Crippen molar-refractivity contribution in [1.82, 2.24) is 15.0 Å². The molecule has 3 rings (SSSR count). The van der Waals surface area contributed by atoms with Crippen LogP contribution in [0.4, 0.5) is 10.5 Å². The summed E-state index contributed by atoms with van der Waals surface area (Å²) in [6.45, 7) is 5.07. The summed E-state index contributed by atoms with van der Waals surface area (Å²) in [6.07, 6.45) is 1.66. The van der Waals surface area contributed by atoms with E-state index in [-0.39, 0.29) is 11.9 Å². The second-order valence-corrected chi connectivity index (χ2v) is 6.27. The maximum atomic E-state index is 12.4. The fourth-order valence-electron chi connectivity index (χ4n) is 2.77. The minimum Gasteiger partial charge on any atom is -0.339 e. The molecule has 1 N–H and O–H groups in total. The van der Waals surface area contributed by atoms with Gasteiger partial charge in [0.05, 0.1) is 0 Å². The van der Waals surface area contributed by atoms with E-state index in [1.807, 2.05) is 30.9 Å². The molecule has 6 nitrogen and oxygen atoms in total. The molecule has 2 heterocycles. The van der Waals surface area contributed by atoms with Gasteiger partial charge in [-0.15, -0.1) is 0 Å². The van der Waals surface area contributed by atoms with Crippen LogP contribution in [0, 0.1) is 13.8 Å². The minimum atomic E-state index is -0.0874. The minimum absolute atomic E-state index is 0.0874. The number of aromatic nitrogens is 2. The van der Waals surface area contributed by atoms with Gasteiger partial charge >= 0.3 is 6.03 Å². The number of hydrogen-bond donors (Lipinski definition) is 1. The number of anilines is 1. The molecule has 1 aromatic heterocycles. The van der Waals surface area contributed by atoms with Gasteiger partial charge in [0, 0.05) is 29.7 Å².